The molecular weight excluding hydrogens is 214 g/mol. The second kappa shape index (κ2) is 5.32. The third-order valence-corrected chi connectivity index (χ3v) is 2.61. The molecule has 0 atom stereocenters. The molecule has 17 heavy (non-hydrogen) atoms. The van der Waals surface area contributed by atoms with Gasteiger partial charge < -0.3 is 5.73 Å². The topological polar surface area (TPSA) is 70.6 Å². The van der Waals surface area contributed by atoms with E-state index in [2.05, 4.69) is 35.3 Å². The van der Waals surface area contributed by atoms with Crippen LogP contribution in [-0.2, 0) is 6.42 Å². The van der Waals surface area contributed by atoms with Gasteiger partial charge in [-0.05, 0) is 22.8 Å². The lowest BCUT2D eigenvalue weighted by atomic mass is 10.1. The molecule has 0 aliphatic carbocycles. The molecule has 0 aliphatic heterocycles. The summed E-state index contributed by atoms with van der Waals surface area (Å²) < 4.78 is 0. The molecule has 4 heteroatoms. The molecule has 0 aliphatic rings. The lowest BCUT2D eigenvalue weighted by molar-refractivity contribution is 0.232. The Morgan fingerprint density at radius 1 is 1.18 bits per heavy atom. The van der Waals surface area contributed by atoms with Gasteiger partial charge in [-0.1, -0.05) is 42.5 Å². The van der Waals surface area contributed by atoms with Crippen LogP contribution in [0.2, 0.25) is 0 Å². The number of guanidine groups is 1. The monoisotopic (exact) mass is 229 g/mol. The van der Waals surface area contributed by atoms with Gasteiger partial charge in [-0.15, -0.1) is 0 Å². The summed E-state index contributed by atoms with van der Waals surface area (Å²) in [5.74, 6) is 0.0470. The fourth-order valence-corrected chi connectivity index (χ4v) is 1.74. The summed E-state index contributed by atoms with van der Waals surface area (Å²) in [7, 11) is 0. The van der Waals surface area contributed by atoms with E-state index in [0.29, 0.717) is 6.54 Å². The van der Waals surface area contributed by atoms with Gasteiger partial charge in [0.15, 0.2) is 0 Å². The van der Waals surface area contributed by atoms with Crippen molar-refractivity contribution >= 4 is 16.7 Å². The van der Waals surface area contributed by atoms with Gasteiger partial charge in [0.2, 0.25) is 5.96 Å². The van der Waals surface area contributed by atoms with Crippen molar-refractivity contribution < 1.29 is 5.21 Å². The first-order valence-electron chi connectivity index (χ1n) is 5.47. The zero-order valence-corrected chi connectivity index (χ0v) is 9.43. The largest absolute Gasteiger partial charge is 0.368 e. The van der Waals surface area contributed by atoms with Crippen molar-refractivity contribution in [1.82, 2.24) is 5.48 Å². The quantitative estimate of drug-likeness (QED) is 0.426. The summed E-state index contributed by atoms with van der Waals surface area (Å²) in [6.45, 7) is 0.553. The summed E-state index contributed by atoms with van der Waals surface area (Å²) in [6, 6.07) is 14.6. The van der Waals surface area contributed by atoms with Crippen molar-refractivity contribution in [2.45, 2.75) is 6.42 Å². The molecule has 0 aromatic heterocycles. The van der Waals surface area contributed by atoms with Gasteiger partial charge in [0.1, 0.15) is 0 Å². The Morgan fingerprint density at radius 2 is 1.94 bits per heavy atom. The number of rotatable bonds is 3. The first-order valence-corrected chi connectivity index (χ1v) is 5.47. The number of nitrogens with two attached hydrogens (primary N) is 1. The van der Waals surface area contributed by atoms with E-state index in [4.69, 9.17) is 10.9 Å². The van der Waals surface area contributed by atoms with Gasteiger partial charge in [0, 0.05) is 6.54 Å². The number of nitrogens with one attached hydrogen (secondary N) is 1. The van der Waals surface area contributed by atoms with Crippen molar-refractivity contribution in [2.75, 3.05) is 6.54 Å². The van der Waals surface area contributed by atoms with Crippen LogP contribution in [0.15, 0.2) is 47.5 Å². The molecule has 2 rings (SSSR count). The molecule has 0 heterocycles. The first-order chi connectivity index (χ1) is 8.29. The fourth-order valence-electron chi connectivity index (χ4n) is 1.74. The Balaban J connectivity index is 2.09. The predicted molar refractivity (Wildman–Crippen MR) is 69.1 cm³/mol. The van der Waals surface area contributed by atoms with Crippen LogP contribution in [0.5, 0.6) is 0 Å². The molecule has 0 unspecified atom stereocenters. The van der Waals surface area contributed by atoms with E-state index in [9.17, 15) is 0 Å². The van der Waals surface area contributed by atoms with E-state index in [1.165, 1.54) is 16.3 Å². The van der Waals surface area contributed by atoms with Crippen LogP contribution in [0.1, 0.15) is 5.56 Å². The SMILES string of the molecule is NC(=NCCc1ccc2ccccc2c1)NO. The molecule has 4 N–H and O–H groups in total. The normalized spacial score (nSPS) is 11.7. The Hall–Kier alpha value is -2.07. The average molecular weight is 229 g/mol. The Labute approximate surface area is 99.7 Å². The van der Waals surface area contributed by atoms with Crippen LogP contribution in [0.25, 0.3) is 10.8 Å². The van der Waals surface area contributed by atoms with E-state index in [1.807, 2.05) is 17.6 Å². The van der Waals surface area contributed by atoms with Crippen LogP contribution in [0.4, 0.5) is 0 Å². The maximum absolute atomic E-state index is 8.47. The average Bonchev–Trinajstić information content (AvgIpc) is 2.38. The van der Waals surface area contributed by atoms with E-state index in [-0.39, 0.29) is 5.96 Å². The number of hydrogen-bond acceptors (Lipinski definition) is 2. The minimum atomic E-state index is 0.0470. The molecule has 4 nitrogen and oxygen atoms in total. The first kappa shape index (κ1) is 11.4. The molecule has 2 aromatic carbocycles. The second-order valence-corrected chi connectivity index (χ2v) is 3.81. The van der Waals surface area contributed by atoms with Gasteiger partial charge in [0.05, 0.1) is 0 Å². The minimum Gasteiger partial charge on any atom is -0.368 e. The van der Waals surface area contributed by atoms with Crippen molar-refractivity contribution in [1.29, 1.82) is 0 Å². The Kier molecular flexibility index (Phi) is 3.57. The molecule has 2 aromatic rings. The molecule has 0 spiro atoms. The highest BCUT2D eigenvalue weighted by Crippen LogP contribution is 2.15. The zero-order valence-electron chi connectivity index (χ0n) is 9.43. The molecular formula is C13H15N3O. The van der Waals surface area contributed by atoms with Crippen LogP contribution >= 0.6 is 0 Å². The molecule has 0 amide bonds. The Bertz CT molecular complexity index is 537. The smallest absolute Gasteiger partial charge is 0.212 e. The number of hydrogen-bond donors (Lipinski definition) is 3. The summed E-state index contributed by atoms with van der Waals surface area (Å²) in [5.41, 5.74) is 8.33. The Morgan fingerprint density at radius 3 is 2.71 bits per heavy atom. The number of aliphatic imine (C=N–C) groups is 1. The van der Waals surface area contributed by atoms with E-state index in [0.717, 1.165) is 6.42 Å². The lowest BCUT2D eigenvalue weighted by Crippen LogP contribution is -2.28. The van der Waals surface area contributed by atoms with Gasteiger partial charge in [0.25, 0.3) is 0 Å². The van der Waals surface area contributed by atoms with Gasteiger partial charge in [-0.25, -0.2) is 5.48 Å². The van der Waals surface area contributed by atoms with E-state index < -0.39 is 0 Å². The van der Waals surface area contributed by atoms with Crippen molar-refractivity contribution in [3.05, 3.63) is 48.0 Å². The summed E-state index contributed by atoms with van der Waals surface area (Å²) in [5, 5.41) is 10.9. The summed E-state index contributed by atoms with van der Waals surface area (Å²) in [4.78, 5) is 3.95. The standard InChI is InChI=1S/C13H15N3O/c14-13(16-17)15-8-7-10-5-6-11-3-1-2-4-12(11)9-10/h1-6,9,17H,7-8H2,(H3,14,15,16). The summed E-state index contributed by atoms with van der Waals surface area (Å²) in [6.07, 6.45) is 0.799. The fraction of sp³-hybridized carbons (Fsp3) is 0.154. The molecule has 0 saturated heterocycles. The van der Waals surface area contributed by atoms with E-state index >= 15 is 0 Å². The molecule has 0 radical (unpaired) electrons. The minimum absolute atomic E-state index is 0.0470. The van der Waals surface area contributed by atoms with Gasteiger partial charge in [-0.2, -0.15) is 0 Å². The number of hydroxylamine groups is 1. The van der Waals surface area contributed by atoms with Crippen molar-refractivity contribution in [3.8, 4) is 0 Å². The maximum atomic E-state index is 8.47. The van der Waals surface area contributed by atoms with Crippen LogP contribution in [-0.4, -0.2) is 17.7 Å². The highest BCUT2D eigenvalue weighted by atomic mass is 16.5. The number of nitrogens with zero attached hydrogens (tertiary/aromatic N) is 1. The van der Waals surface area contributed by atoms with E-state index in [1.54, 1.807) is 0 Å². The predicted octanol–water partition coefficient (Wildman–Crippen LogP) is 1.68. The van der Waals surface area contributed by atoms with Crippen molar-refractivity contribution in [2.24, 2.45) is 10.7 Å². The number of benzene rings is 2. The highest BCUT2D eigenvalue weighted by Gasteiger charge is 1.96. The van der Waals surface area contributed by atoms with Gasteiger partial charge >= 0.3 is 0 Å². The second-order valence-electron chi connectivity index (χ2n) is 3.81. The molecule has 0 fully saturated rings. The van der Waals surface area contributed by atoms with Crippen LogP contribution in [0, 0.1) is 0 Å². The molecule has 0 bridgehead atoms. The third kappa shape index (κ3) is 2.95. The van der Waals surface area contributed by atoms with Crippen molar-refractivity contribution in [3.63, 3.8) is 0 Å². The number of fused-ring (bicyclic) bond motifs is 1. The maximum Gasteiger partial charge on any atom is 0.212 e. The van der Waals surface area contributed by atoms with Crippen LogP contribution < -0.4 is 11.2 Å². The molecule has 0 saturated carbocycles. The molecule has 88 valence electrons. The van der Waals surface area contributed by atoms with Gasteiger partial charge in [-0.3, -0.25) is 10.2 Å². The van der Waals surface area contributed by atoms with Crippen LogP contribution in [0.3, 0.4) is 0 Å². The zero-order chi connectivity index (χ0) is 12.1. The lowest BCUT2D eigenvalue weighted by Gasteiger charge is -2.02. The third-order valence-electron chi connectivity index (χ3n) is 2.61. The highest BCUT2D eigenvalue weighted by molar-refractivity contribution is 5.83. The summed E-state index contributed by atoms with van der Waals surface area (Å²) >= 11 is 0.